The molecule has 0 saturated heterocycles. The fourth-order valence-electron chi connectivity index (χ4n) is 3.46. The van der Waals surface area contributed by atoms with Gasteiger partial charge in [-0.15, -0.1) is 0 Å². The topological polar surface area (TPSA) is 68.5 Å². The Morgan fingerprint density at radius 2 is 1.68 bits per heavy atom. The lowest BCUT2D eigenvalue weighted by Gasteiger charge is -2.10. The minimum Gasteiger partial charge on any atom is -0.489 e. The van der Waals surface area contributed by atoms with Crippen LogP contribution in [0.15, 0.2) is 75.9 Å². The summed E-state index contributed by atoms with van der Waals surface area (Å²) in [7, 11) is 0. The quantitative estimate of drug-likeness (QED) is 0.436. The van der Waals surface area contributed by atoms with Gasteiger partial charge < -0.3 is 14.5 Å². The molecule has 1 heterocycles. The van der Waals surface area contributed by atoms with Crippen LogP contribution in [0.5, 0.6) is 5.75 Å². The van der Waals surface area contributed by atoms with E-state index in [9.17, 15) is 9.59 Å². The molecule has 4 rings (SSSR count). The summed E-state index contributed by atoms with van der Waals surface area (Å²) in [5.74, 6) is 0.456. The molecular formula is C26H23NO4. The number of nitrogens with one attached hydrogen (secondary N) is 1. The van der Waals surface area contributed by atoms with Gasteiger partial charge in [-0.2, -0.15) is 0 Å². The minimum atomic E-state index is -0.378. The van der Waals surface area contributed by atoms with Gasteiger partial charge in [0, 0.05) is 28.8 Å². The first-order valence-corrected chi connectivity index (χ1v) is 10.0. The van der Waals surface area contributed by atoms with Crippen molar-refractivity contribution in [3.8, 4) is 5.75 Å². The predicted molar refractivity (Wildman–Crippen MR) is 122 cm³/mol. The van der Waals surface area contributed by atoms with E-state index in [2.05, 4.69) is 5.32 Å². The molecule has 1 N–H and O–H groups in total. The molecule has 1 aromatic heterocycles. The lowest BCUT2D eigenvalue weighted by Crippen LogP contribution is -2.12. The number of fused-ring (bicyclic) bond motifs is 1. The summed E-state index contributed by atoms with van der Waals surface area (Å²) in [6.45, 7) is 6.20. The monoisotopic (exact) mass is 413 g/mol. The Balaban J connectivity index is 1.42. The van der Waals surface area contributed by atoms with Gasteiger partial charge in [-0.05, 0) is 67.8 Å². The van der Waals surface area contributed by atoms with E-state index in [-0.39, 0.29) is 11.5 Å². The number of anilines is 1. The van der Waals surface area contributed by atoms with Crippen molar-refractivity contribution in [3.05, 3.63) is 105 Å². The largest absolute Gasteiger partial charge is 0.489 e. The van der Waals surface area contributed by atoms with Gasteiger partial charge in [0.1, 0.15) is 17.9 Å². The Hall–Kier alpha value is -3.86. The third-order valence-electron chi connectivity index (χ3n) is 5.17. The summed E-state index contributed by atoms with van der Waals surface area (Å²) in [4.78, 5) is 24.1. The molecule has 5 nitrogen and oxygen atoms in total. The first-order chi connectivity index (χ1) is 14.9. The highest BCUT2D eigenvalue weighted by Crippen LogP contribution is 2.23. The second kappa shape index (κ2) is 8.48. The van der Waals surface area contributed by atoms with Crippen molar-refractivity contribution in [2.24, 2.45) is 0 Å². The number of hydrogen-bond donors (Lipinski definition) is 1. The van der Waals surface area contributed by atoms with Gasteiger partial charge in [0.15, 0.2) is 0 Å². The zero-order valence-corrected chi connectivity index (χ0v) is 17.7. The number of amides is 1. The van der Waals surface area contributed by atoms with Crippen LogP contribution in [0.4, 0.5) is 5.69 Å². The number of benzene rings is 3. The predicted octanol–water partition coefficient (Wildman–Crippen LogP) is 5.55. The minimum absolute atomic E-state index is 0.153. The number of hydrogen-bond acceptors (Lipinski definition) is 4. The van der Waals surface area contributed by atoms with Crippen molar-refractivity contribution in [2.45, 2.75) is 27.4 Å². The van der Waals surface area contributed by atoms with Crippen LogP contribution in [-0.2, 0) is 6.61 Å². The molecule has 0 saturated carbocycles. The highest BCUT2D eigenvalue weighted by atomic mass is 16.5. The summed E-state index contributed by atoms with van der Waals surface area (Å²) >= 11 is 0. The molecule has 0 spiro atoms. The normalized spacial score (nSPS) is 10.8. The van der Waals surface area contributed by atoms with Crippen LogP contribution in [0.25, 0.3) is 11.0 Å². The molecule has 4 aromatic rings. The lowest BCUT2D eigenvalue weighted by molar-refractivity contribution is 0.102. The fraction of sp³-hybridized carbons (Fsp3) is 0.154. The van der Waals surface area contributed by atoms with Gasteiger partial charge in [0.25, 0.3) is 5.91 Å². The number of carbonyl (C=O) groups is 1. The van der Waals surface area contributed by atoms with Gasteiger partial charge in [0.2, 0.25) is 0 Å². The molecule has 0 radical (unpaired) electrons. The molecule has 0 aliphatic carbocycles. The molecule has 0 atom stereocenters. The third kappa shape index (κ3) is 4.67. The summed E-state index contributed by atoms with van der Waals surface area (Å²) in [5, 5.41) is 3.83. The lowest BCUT2D eigenvalue weighted by atomic mass is 10.1. The standard InChI is InChI=1S/C26H23NO4/c1-16-4-11-23(18(3)12-16)27-26(29)20-7-5-19(6-8-20)15-30-21-9-10-22-17(2)13-25(28)31-24(22)14-21/h4-14H,15H2,1-3H3,(H,27,29). The molecule has 0 unspecified atom stereocenters. The molecule has 1 amide bonds. The van der Waals surface area contributed by atoms with Crippen LogP contribution in [0.1, 0.15) is 32.6 Å². The van der Waals surface area contributed by atoms with E-state index in [1.54, 1.807) is 18.2 Å². The Labute approximate surface area is 180 Å². The highest BCUT2D eigenvalue weighted by Gasteiger charge is 2.09. The average Bonchev–Trinajstić information content (AvgIpc) is 2.74. The highest BCUT2D eigenvalue weighted by molar-refractivity contribution is 6.04. The molecule has 0 fully saturated rings. The third-order valence-corrected chi connectivity index (χ3v) is 5.17. The maximum Gasteiger partial charge on any atom is 0.336 e. The van der Waals surface area contributed by atoms with Gasteiger partial charge in [-0.1, -0.05) is 29.8 Å². The van der Waals surface area contributed by atoms with E-state index in [1.807, 2.05) is 63.2 Å². The summed E-state index contributed by atoms with van der Waals surface area (Å²) < 4.78 is 11.1. The average molecular weight is 413 g/mol. The van der Waals surface area contributed by atoms with Crippen LogP contribution < -0.4 is 15.7 Å². The maximum absolute atomic E-state index is 12.5. The van der Waals surface area contributed by atoms with Crippen molar-refractivity contribution in [1.29, 1.82) is 0 Å². The Bertz CT molecular complexity index is 1320. The zero-order valence-electron chi connectivity index (χ0n) is 17.7. The molecule has 3 aromatic carbocycles. The van der Waals surface area contributed by atoms with Crippen LogP contribution in [0, 0.1) is 20.8 Å². The van der Waals surface area contributed by atoms with E-state index in [0.717, 1.165) is 33.3 Å². The summed E-state index contributed by atoms with van der Waals surface area (Å²) in [6.07, 6.45) is 0. The van der Waals surface area contributed by atoms with E-state index in [0.29, 0.717) is 23.5 Å². The zero-order chi connectivity index (χ0) is 22.0. The molecule has 0 aliphatic rings. The van der Waals surface area contributed by atoms with Gasteiger partial charge in [-0.25, -0.2) is 4.79 Å². The van der Waals surface area contributed by atoms with Crippen molar-refractivity contribution < 1.29 is 13.9 Å². The van der Waals surface area contributed by atoms with E-state index in [4.69, 9.17) is 9.15 Å². The molecule has 0 aliphatic heterocycles. The number of rotatable bonds is 5. The smallest absolute Gasteiger partial charge is 0.336 e. The Morgan fingerprint density at radius 1 is 0.903 bits per heavy atom. The van der Waals surface area contributed by atoms with Crippen molar-refractivity contribution >= 4 is 22.6 Å². The molecule has 31 heavy (non-hydrogen) atoms. The molecule has 0 bridgehead atoms. The first-order valence-electron chi connectivity index (χ1n) is 10.0. The number of aryl methyl sites for hydroxylation is 3. The Morgan fingerprint density at radius 3 is 2.42 bits per heavy atom. The van der Waals surface area contributed by atoms with Crippen LogP contribution in [0.2, 0.25) is 0 Å². The second-order valence-electron chi connectivity index (χ2n) is 7.66. The summed E-state index contributed by atoms with van der Waals surface area (Å²) in [6, 6.07) is 20.1. The van der Waals surface area contributed by atoms with Crippen molar-refractivity contribution in [2.75, 3.05) is 5.32 Å². The summed E-state index contributed by atoms with van der Waals surface area (Å²) in [5.41, 5.74) is 5.48. The molecule has 5 heteroatoms. The van der Waals surface area contributed by atoms with E-state index < -0.39 is 0 Å². The van der Waals surface area contributed by atoms with Gasteiger partial charge in [0.05, 0.1) is 0 Å². The van der Waals surface area contributed by atoms with E-state index >= 15 is 0 Å². The molecular weight excluding hydrogens is 390 g/mol. The first kappa shape index (κ1) is 20.4. The van der Waals surface area contributed by atoms with Gasteiger partial charge in [-0.3, -0.25) is 4.79 Å². The Kier molecular flexibility index (Phi) is 5.58. The number of ether oxygens (including phenoxy) is 1. The van der Waals surface area contributed by atoms with Crippen molar-refractivity contribution in [1.82, 2.24) is 0 Å². The van der Waals surface area contributed by atoms with E-state index in [1.165, 1.54) is 6.07 Å². The second-order valence-corrected chi connectivity index (χ2v) is 7.66. The van der Waals surface area contributed by atoms with Crippen molar-refractivity contribution in [3.63, 3.8) is 0 Å². The van der Waals surface area contributed by atoms with Crippen LogP contribution in [-0.4, -0.2) is 5.91 Å². The SMILES string of the molecule is Cc1ccc(NC(=O)c2ccc(COc3ccc4c(C)cc(=O)oc4c3)cc2)c(C)c1. The maximum atomic E-state index is 12.5. The fourth-order valence-corrected chi connectivity index (χ4v) is 3.46. The van der Waals surface area contributed by atoms with Crippen LogP contribution >= 0.6 is 0 Å². The van der Waals surface area contributed by atoms with Crippen LogP contribution in [0.3, 0.4) is 0 Å². The molecule has 156 valence electrons. The number of carbonyl (C=O) groups excluding carboxylic acids is 1. The van der Waals surface area contributed by atoms with Gasteiger partial charge >= 0.3 is 5.63 Å².